The van der Waals surface area contributed by atoms with E-state index in [4.69, 9.17) is 5.26 Å². The van der Waals surface area contributed by atoms with Gasteiger partial charge in [0.1, 0.15) is 6.20 Å². The Balaban J connectivity index is 2.35. The normalized spacial score (nSPS) is 9.60. The molecule has 2 N–H and O–H groups in total. The van der Waals surface area contributed by atoms with Crippen molar-refractivity contribution in [3.8, 4) is 6.07 Å². The number of aromatic nitrogens is 2. The minimum Gasteiger partial charge on any atom is -0.357 e. The quantitative estimate of drug-likeness (QED) is 0.644. The van der Waals surface area contributed by atoms with Gasteiger partial charge in [0.25, 0.3) is 0 Å². The van der Waals surface area contributed by atoms with E-state index in [9.17, 15) is 10.1 Å². The van der Waals surface area contributed by atoms with Crippen LogP contribution < -0.4 is 10.6 Å². The van der Waals surface area contributed by atoms with Gasteiger partial charge in [0.2, 0.25) is 11.8 Å². The molecule has 2 aromatic rings. The van der Waals surface area contributed by atoms with Gasteiger partial charge in [-0.15, -0.1) is 0 Å². The van der Waals surface area contributed by atoms with Crippen LogP contribution in [-0.2, 0) is 0 Å². The molecule has 1 aromatic carbocycles. The summed E-state index contributed by atoms with van der Waals surface area (Å²) in [6.45, 7) is 0. The van der Waals surface area contributed by atoms with Gasteiger partial charge < -0.3 is 10.6 Å². The molecular formula is C12H10N6O2. The average Bonchev–Trinajstić information content (AvgIpc) is 2.47. The number of anilines is 3. The Labute approximate surface area is 114 Å². The number of rotatable bonds is 4. The maximum absolute atomic E-state index is 10.9. The zero-order chi connectivity index (χ0) is 14.5. The van der Waals surface area contributed by atoms with Crippen LogP contribution in [0.3, 0.4) is 0 Å². The van der Waals surface area contributed by atoms with Gasteiger partial charge in [0, 0.05) is 12.7 Å². The Morgan fingerprint density at radius 1 is 1.35 bits per heavy atom. The molecule has 20 heavy (non-hydrogen) atoms. The maximum atomic E-state index is 10.9. The molecule has 0 spiro atoms. The number of nitriles is 1. The van der Waals surface area contributed by atoms with Crippen molar-refractivity contribution in [2.45, 2.75) is 0 Å². The number of nitrogens with zero attached hydrogens (tertiary/aromatic N) is 4. The van der Waals surface area contributed by atoms with Crippen LogP contribution in [0.1, 0.15) is 5.56 Å². The molecule has 0 saturated heterocycles. The zero-order valence-corrected chi connectivity index (χ0v) is 10.5. The van der Waals surface area contributed by atoms with E-state index in [2.05, 4.69) is 20.6 Å². The molecule has 0 fully saturated rings. The lowest BCUT2D eigenvalue weighted by molar-refractivity contribution is -0.384. The van der Waals surface area contributed by atoms with E-state index in [0.29, 0.717) is 11.3 Å². The summed E-state index contributed by atoms with van der Waals surface area (Å²) in [5, 5.41) is 25.2. The minimum absolute atomic E-state index is 0.0825. The summed E-state index contributed by atoms with van der Waals surface area (Å²) in [6, 6.07) is 8.49. The number of benzene rings is 1. The highest BCUT2D eigenvalue weighted by atomic mass is 16.6. The van der Waals surface area contributed by atoms with Crippen molar-refractivity contribution in [2.24, 2.45) is 0 Å². The van der Waals surface area contributed by atoms with Crippen molar-refractivity contribution in [1.29, 1.82) is 5.26 Å². The highest BCUT2D eigenvalue weighted by molar-refractivity contribution is 5.66. The van der Waals surface area contributed by atoms with Crippen LogP contribution in [0.25, 0.3) is 0 Å². The third-order valence-electron chi connectivity index (χ3n) is 2.47. The Hall–Kier alpha value is -3.21. The Morgan fingerprint density at radius 3 is 2.60 bits per heavy atom. The fourth-order valence-electron chi connectivity index (χ4n) is 1.49. The number of hydrogen-bond acceptors (Lipinski definition) is 7. The van der Waals surface area contributed by atoms with Crippen molar-refractivity contribution in [1.82, 2.24) is 9.97 Å². The van der Waals surface area contributed by atoms with Crippen LogP contribution >= 0.6 is 0 Å². The summed E-state index contributed by atoms with van der Waals surface area (Å²) in [4.78, 5) is 18.2. The van der Waals surface area contributed by atoms with E-state index in [1.807, 2.05) is 6.07 Å². The molecule has 1 aromatic heterocycles. The van der Waals surface area contributed by atoms with E-state index < -0.39 is 4.92 Å². The molecule has 0 aliphatic rings. The van der Waals surface area contributed by atoms with E-state index in [1.165, 1.54) is 0 Å². The molecule has 2 rings (SSSR count). The SMILES string of the molecule is CNc1ncc([N+](=O)[O-])c(Nc2ccc(C#N)cc2)n1. The predicted molar refractivity (Wildman–Crippen MR) is 72.7 cm³/mol. The summed E-state index contributed by atoms with van der Waals surface area (Å²) >= 11 is 0. The summed E-state index contributed by atoms with van der Waals surface area (Å²) in [5.41, 5.74) is 0.866. The monoisotopic (exact) mass is 270 g/mol. The molecule has 8 nitrogen and oxygen atoms in total. The summed E-state index contributed by atoms with van der Waals surface area (Å²) in [6.07, 6.45) is 1.13. The molecule has 0 aliphatic carbocycles. The van der Waals surface area contributed by atoms with E-state index in [-0.39, 0.29) is 17.5 Å². The first-order valence-corrected chi connectivity index (χ1v) is 5.60. The lowest BCUT2D eigenvalue weighted by Gasteiger charge is -2.07. The summed E-state index contributed by atoms with van der Waals surface area (Å²) in [5.74, 6) is 0.353. The average molecular weight is 270 g/mol. The van der Waals surface area contributed by atoms with Crippen molar-refractivity contribution < 1.29 is 4.92 Å². The Morgan fingerprint density at radius 2 is 2.05 bits per heavy atom. The highest BCUT2D eigenvalue weighted by Crippen LogP contribution is 2.25. The van der Waals surface area contributed by atoms with Crippen LogP contribution in [0.15, 0.2) is 30.5 Å². The molecule has 0 unspecified atom stereocenters. The second-order valence-electron chi connectivity index (χ2n) is 3.75. The molecule has 0 amide bonds. The van der Waals surface area contributed by atoms with Gasteiger partial charge in [-0.3, -0.25) is 10.1 Å². The van der Waals surface area contributed by atoms with Gasteiger partial charge in [-0.05, 0) is 24.3 Å². The molecule has 0 saturated carbocycles. The fraction of sp³-hybridized carbons (Fsp3) is 0.0833. The van der Waals surface area contributed by atoms with Crippen molar-refractivity contribution >= 4 is 23.1 Å². The molecule has 0 radical (unpaired) electrons. The van der Waals surface area contributed by atoms with Crippen LogP contribution in [0, 0.1) is 21.4 Å². The molecular weight excluding hydrogens is 260 g/mol. The molecule has 100 valence electrons. The van der Waals surface area contributed by atoms with E-state index in [1.54, 1.807) is 31.3 Å². The number of nitro groups is 1. The van der Waals surface area contributed by atoms with Crippen LogP contribution in [0.2, 0.25) is 0 Å². The van der Waals surface area contributed by atoms with Gasteiger partial charge in [-0.2, -0.15) is 10.2 Å². The number of hydrogen-bond donors (Lipinski definition) is 2. The predicted octanol–water partition coefficient (Wildman–Crippen LogP) is 2.04. The molecule has 1 heterocycles. The molecule has 8 heteroatoms. The summed E-state index contributed by atoms with van der Waals surface area (Å²) in [7, 11) is 1.62. The van der Waals surface area contributed by atoms with Crippen molar-refractivity contribution in [2.75, 3.05) is 17.7 Å². The Bertz CT molecular complexity index is 677. The van der Waals surface area contributed by atoms with Crippen LogP contribution in [0.4, 0.5) is 23.1 Å². The standard InChI is InChI=1S/C12H10N6O2/c1-14-12-15-7-10(18(19)20)11(17-12)16-9-4-2-8(6-13)3-5-9/h2-5,7H,1H3,(H2,14,15,16,17). The molecule has 0 bridgehead atoms. The molecule has 0 atom stereocenters. The first-order valence-electron chi connectivity index (χ1n) is 5.60. The van der Waals surface area contributed by atoms with Crippen LogP contribution in [0.5, 0.6) is 0 Å². The smallest absolute Gasteiger partial charge is 0.329 e. The Kier molecular flexibility index (Phi) is 3.72. The minimum atomic E-state index is -0.564. The van der Waals surface area contributed by atoms with E-state index >= 15 is 0 Å². The number of nitrogens with one attached hydrogen (secondary N) is 2. The topological polar surface area (TPSA) is 117 Å². The largest absolute Gasteiger partial charge is 0.357 e. The van der Waals surface area contributed by atoms with E-state index in [0.717, 1.165) is 6.20 Å². The third-order valence-corrected chi connectivity index (χ3v) is 2.47. The molecule has 0 aliphatic heterocycles. The third kappa shape index (κ3) is 2.78. The first kappa shape index (κ1) is 13.2. The summed E-state index contributed by atoms with van der Waals surface area (Å²) < 4.78 is 0. The first-order chi connectivity index (χ1) is 9.63. The van der Waals surface area contributed by atoms with Gasteiger partial charge in [-0.1, -0.05) is 0 Å². The van der Waals surface area contributed by atoms with Gasteiger partial charge in [0.05, 0.1) is 16.6 Å². The lowest BCUT2D eigenvalue weighted by Crippen LogP contribution is -2.04. The second kappa shape index (κ2) is 5.62. The second-order valence-corrected chi connectivity index (χ2v) is 3.75. The van der Waals surface area contributed by atoms with Crippen molar-refractivity contribution in [3.05, 3.63) is 46.1 Å². The van der Waals surface area contributed by atoms with Gasteiger partial charge in [0.15, 0.2) is 0 Å². The fourth-order valence-corrected chi connectivity index (χ4v) is 1.49. The van der Waals surface area contributed by atoms with Gasteiger partial charge in [-0.25, -0.2) is 4.98 Å². The van der Waals surface area contributed by atoms with Gasteiger partial charge >= 0.3 is 5.69 Å². The van der Waals surface area contributed by atoms with Crippen molar-refractivity contribution in [3.63, 3.8) is 0 Å². The lowest BCUT2D eigenvalue weighted by atomic mass is 10.2. The maximum Gasteiger partial charge on any atom is 0.329 e. The zero-order valence-electron chi connectivity index (χ0n) is 10.5. The van der Waals surface area contributed by atoms with Crippen LogP contribution in [-0.4, -0.2) is 21.9 Å². The highest BCUT2D eigenvalue weighted by Gasteiger charge is 2.17.